The SMILES string of the molecule is Cc1cc(C)c(N2c3ccccc3C(C)(C)c3c2ccc2cc(/C=C4/C(=O)c5ccc(C)cc5C4=O)ccc32)c(C)c1. The minimum atomic E-state index is -0.245. The van der Waals surface area contributed by atoms with E-state index < -0.39 is 0 Å². The molecule has 42 heavy (non-hydrogen) atoms. The third-order valence-electron chi connectivity index (χ3n) is 9.03. The average molecular weight is 548 g/mol. The van der Waals surface area contributed by atoms with Gasteiger partial charge in [-0.25, -0.2) is 0 Å². The van der Waals surface area contributed by atoms with Gasteiger partial charge >= 0.3 is 0 Å². The number of benzene rings is 5. The summed E-state index contributed by atoms with van der Waals surface area (Å²) in [6.45, 7) is 13.1. The molecular weight excluding hydrogens is 514 g/mol. The van der Waals surface area contributed by atoms with Crippen LogP contribution in [0, 0.1) is 27.7 Å². The molecule has 7 rings (SSSR count). The van der Waals surface area contributed by atoms with E-state index in [-0.39, 0.29) is 22.6 Å². The van der Waals surface area contributed by atoms with Gasteiger partial charge < -0.3 is 4.90 Å². The zero-order valence-electron chi connectivity index (χ0n) is 24.9. The second kappa shape index (κ2) is 9.12. The van der Waals surface area contributed by atoms with Crippen LogP contribution in [0.3, 0.4) is 0 Å². The van der Waals surface area contributed by atoms with Gasteiger partial charge in [-0.05, 0) is 96.6 Å². The first-order valence-electron chi connectivity index (χ1n) is 14.5. The molecule has 3 heteroatoms. The van der Waals surface area contributed by atoms with E-state index in [4.69, 9.17) is 0 Å². The number of hydrogen-bond donors (Lipinski definition) is 0. The molecule has 0 aromatic heterocycles. The molecule has 0 saturated carbocycles. The fourth-order valence-corrected chi connectivity index (χ4v) is 7.23. The van der Waals surface area contributed by atoms with Crippen molar-refractivity contribution < 1.29 is 9.59 Å². The summed E-state index contributed by atoms with van der Waals surface area (Å²) in [6, 6.07) is 29.4. The summed E-state index contributed by atoms with van der Waals surface area (Å²) in [5, 5.41) is 2.25. The Morgan fingerprint density at radius 1 is 0.667 bits per heavy atom. The third kappa shape index (κ3) is 3.73. The Hall–Kier alpha value is -4.76. The number of ketones is 2. The quantitative estimate of drug-likeness (QED) is 0.163. The molecule has 0 radical (unpaired) electrons. The first-order valence-corrected chi connectivity index (χ1v) is 14.5. The third-order valence-corrected chi connectivity index (χ3v) is 9.03. The lowest BCUT2D eigenvalue weighted by Gasteiger charge is -2.43. The van der Waals surface area contributed by atoms with Crippen LogP contribution in [0.25, 0.3) is 16.8 Å². The highest BCUT2D eigenvalue weighted by atomic mass is 16.2. The Labute approximate surface area is 247 Å². The average Bonchev–Trinajstić information content (AvgIpc) is 3.17. The van der Waals surface area contributed by atoms with Crippen molar-refractivity contribution in [3.8, 4) is 0 Å². The standard InChI is InChI=1S/C39H33NO2/c1-22-11-14-29-30(19-22)38(42)31(37(29)41)21-26-12-15-28-27(20-26)13-16-34-35(28)39(5,6)32-9-7-8-10-33(32)40(34)36-24(3)17-23(2)18-25(36)4/h7-21H,1-6H3/b31-21-. The van der Waals surface area contributed by atoms with Gasteiger partial charge in [-0.15, -0.1) is 0 Å². The van der Waals surface area contributed by atoms with E-state index in [0.717, 1.165) is 16.5 Å². The second-order valence-corrected chi connectivity index (χ2v) is 12.4. The van der Waals surface area contributed by atoms with Gasteiger partial charge in [0.05, 0.1) is 22.6 Å². The number of aryl methyl sites for hydroxylation is 4. The van der Waals surface area contributed by atoms with E-state index in [2.05, 4.69) is 100 Å². The zero-order chi connectivity index (χ0) is 29.5. The number of carbonyl (C=O) groups excluding carboxylic acids is 2. The summed E-state index contributed by atoms with van der Waals surface area (Å²) >= 11 is 0. The Morgan fingerprint density at radius 3 is 2.14 bits per heavy atom. The Kier molecular flexibility index (Phi) is 5.68. The van der Waals surface area contributed by atoms with Gasteiger partial charge in [0.25, 0.3) is 0 Å². The lowest BCUT2D eigenvalue weighted by Crippen LogP contribution is -2.31. The molecule has 1 aliphatic carbocycles. The second-order valence-electron chi connectivity index (χ2n) is 12.4. The molecule has 0 fully saturated rings. The smallest absolute Gasteiger partial charge is 0.197 e. The molecule has 206 valence electrons. The number of fused-ring (bicyclic) bond motifs is 5. The molecule has 0 bridgehead atoms. The monoisotopic (exact) mass is 547 g/mol. The van der Waals surface area contributed by atoms with Crippen molar-refractivity contribution in [2.45, 2.75) is 47.0 Å². The van der Waals surface area contributed by atoms with Crippen LogP contribution in [-0.4, -0.2) is 11.6 Å². The number of hydrogen-bond acceptors (Lipinski definition) is 3. The van der Waals surface area contributed by atoms with Crippen molar-refractivity contribution in [1.82, 2.24) is 0 Å². The minimum Gasteiger partial charge on any atom is -0.309 e. The fraction of sp³-hybridized carbons (Fsp3) is 0.179. The lowest BCUT2D eigenvalue weighted by atomic mass is 9.71. The largest absolute Gasteiger partial charge is 0.309 e. The normalized spacial score (nSPS) is 16.1. The van der Waals surface area contributed by atoms with E-state index in [1.807, 2.05) is 25.1 Å². The van der Waals surface area contributed by atoms with E-state index in [0.29, 0.717) is 11.1 Å². The fourth-order valence-electron chi connectivity index (χ4n) is 7.23. The van der Waals surface area contributed by atoms with Crippen LogP contribution in [-0.2, 0) is 5.41 Å². The van der Waals surface area contributed by atoms with Crippen LogP contribution in [0.2, 0.25) is 0 Å². The number of anilines is 3. The maximum atomic E-state index is 13.2. The van der Waals surface area contributed by atoms with Gasteiger partial charge in [-0.3, -0.25) is 9.59 Å². The van der Waals surface area contributed by atoms with Crippen LogP contribution in [0.15, 0.2) is 90.5 Å². The number of Topliss-reactive ketones (excluding diaryl/α,β-unsaturated/α-hetero) is 2. The zero-order valence-corrected chi connectivity index (χ0v) is 24.9. The van der Waals surface area contributed by atoms with Gasteiger partial charge in [0.1, 0.15) is 0 Å². The van der Waals surface area contributed by atoms with Gasteiger partial charge in [-0.2, -0.15) is 0 Å². The van der Waals surface area contributed by atoms with Crippen LogP contribution >= 0.6 is 0 Å². The van der Waals surface area contributed by atoms with Crippen LogP contribution in [0.4, 0.5) is 17.1 Å². The molecule has 0 saturated heterocycles. The highest BCUT2D eigenvalue weighted by Crippen LogP contribution is 2.55. The molecule has 1 heterocycles. The maximum absolute atomic E-state index is 13.2. The summed E-state index contributed by atoms with van der Waals surface area (Å²) in [7, 11) is 0. The first-order chi connectivity index (χ1) is 20.1. The number of carbonyl (C=O) groups is 2. The molecule has 5 aromatic carbocycles. The van der Waals surface area contributed by atoms with Crippen LogP contribution in [0.1, 0.15) is 73.5 Å². The summed E-state index contributed by atoms with van der Waals surface area (Å²) < 4.78 is 0. The van der Waals surface area contributed by atoms with Gasteiger partial charge in [0, 0.05) is 16.5 Å². The molecule has 0 N–H and O–H groups in total. The Balaban J connectivity index is 1.41. The van der Waals surface area contributed by atoms with Crippen molar-refractivity contribution in [3.63, 3.8) is 0 Å². The topological polar surface area (TPSA) is 37.4 Å². The molecule has 5 aromatic rings. The molecule has 0 atom stereocenters. The van der Waals surface area contributed by atoms with Crippen molar-refractivity contribution in [2.75, 3.05) is 4.90 Å². The van der Waals surface area contributed by atoms with E-state index in [1.165, 1.54) is 50.3 Å². The summed E-state index contributed by atoms with van der Waals surface area (Å²) in [6.07, 6.45) is 1.75. The summed E-state index contributed by atoms with van der Waals surface area (Å²) in [5.41, 5.74) is 12.7. The van der Waals surface area contributed by atoms with Crippen LogP contribution in [0.5, 0.6) is 0 Å². The van der Waals surface area contributed by atoms with Crippen LogP contribution < -0.4 is 4.90 Å². The molecule has 2 aliphatic rings. The summed E-state index contributed by atoms with van der Waals surface area (Å²) in [5.74, 6) is -0.390. The summed E-state index contributed by atoms with van der Waals surface area (Å²) in [4.78, 5) is 28.7. The Morgan fingerprint density at radius 2 is 1.38 bits per heavy atom. The predicted octanol–water partition coefficient (Wildman–Crippen LogP) is 9.65. The lowest BCUT2D eigenvalue weighted by molar-refractivity contribution is 0.0990. The highest BCUT2D eigenvalue weighted by molar-refractivity contribution is 6.41. The molecule has 1 aliphatic heterocycles. The van der Waals surface area contributed by atoms with Crippen molar-refractivity contribution in [3.05, 3.63) is 141 Å². The maximum Gasteiger partial charge on any atom is 0.197 e. The molecule has 0 unspecified atom stereocenters. The van der Waals surface area contributed by atoms with E-state index >= 15 is 0 Å². The number of nitrogens with zero attached hydrogens (tertiary/aromatic N) is 1. The van der Waals surface area contributed by atoms with E-state index in [9.17, 15) is 9.59 Å². The van der Waals surface area contributed by atoms with Gasteiger partial charge in [0.15, 0.2) is 11.6 Å². The number of para-hydroxylation sites is 1. The van der Waals surface area contributed by atoms with Gasteiger partial charge in [-0.1, -0.05) is 85.6 Å². The van der Waals surface area contributed by atoms with Crippen molar-refractivity contribution in [1.29, 1.82) is 0 Å². The molecule has 0 amide bonds. The minimum absolute atomic E-state index is 0.193. The van der Waals surface area contributed by atoms with Crippen molar-refractivity contribution in [2.24, 2.45) is 0 Å². The van der Waals surface area contributed by atoms with Gasteiger partial charge in [0.2, 0.25) is 0 Å². The molecular formula is C39H33NO2. The molecule has 0 spiro atoms. The predicted molar refractivity (Wildman–Crippen MR) is 173 cm³/mol. The highest BCUT2D eigenvalue weighted by Gasteiger charge is 2.39. The number of rotatable bonds is 2. The van der Waals surface area contributed by atoms with E-state index in [1.54, 1.807) is 12.1 Å². The molecule has 3 nitrogen and oxygen atoms in total. The van der Waals surface area contributed by atoms with Crippen molar-refractivity contribution >= 4 is 45.5 Å². The first kappa shape index (κ1) is 26.2. The Bertz CT molecular complexity index is 2020. The number of allylic oxidation sites excluding steroid dienone is 1.